The number of esters is 1. The van der Waals surface area contributed by atoms with Crippen LogP contribution in [0.1, 0.15) is 26.2 Å². The molecule has 0 radical (unpaired) electrons. The molecule has 1 unspecified atom stereocenters. The molecule has 0 aliphatic rings. The smallest absolute Gasteiger partial charge is 0.329 e. The molecule has 2 nitrogen and oxygen atoms in total. The summed E-state index contributed by atoms with van der Waals surface area (Å²) in [4.78, 5) is 11.5. The quantitative estimate of drug-likeness (QED) is 0.437. The van der Waals surface area contributed by atoms with E-state index in [4.69, 9.17) is 16.3 Å². The molecule has 0 spiro atoms. The Bertz CT molecular complexity index is 298. The molecule has 1 aromatic carbocycles. The first-order valence-electron chi connectivity index (χ1n) is 5.15. The van der Waals surface area contributed by atoms with Crippen LogP contribution in [-0.2, 0) is 4.79 Å². The van der Waals surface area contributed by atoms with Crippen LogP contribution in [0.3, 0.4) is 0 Å². The number of para-hydroxylation sites is 1. The van der Waals surface area contributed by atoms with E-state index in [0.717, 1.165) is 12.8 Å². The largest absolute Gasteiger partial charge is 0.425 e. The molecule has 1 atom stereocenters. The molecule has 15 heavy (non-hydrogen) atoms. The van der Waals surface area contributed by atoms with Crippen LogP contribution in [0.4, 0.5) is 0 Å². The predicted octanol–water partition coefficient (Wildman–Crippen LogP) is 3.39. The van der Waals surface area contributed by atoms with Gasteiger partial charge >= 0.3 is 5.97 Å². The zero-order chi connectivity index (χ0) is 11.1. The summed E-state index contributed by atoms with van der Waals surface area (Å²) in [6.07, 6.45) is 2.64. The molecule has 1 aromatic rings. The van der Waals surface area contributed by atoms with E-state index in [1.165, 1.54) is 0 Å². The van der Waals surface area contributed by atoms with E-state index in [-0.39, 0.29) is 5.97 Å². The van der Waals surface area contributed by atoms with Crippen molar-refractivity contribution >= 4 is 17.6 Å². The van der Waals surface area contributed by atoms with E-state index in [9.17, 15) is 4.79 Å². The summed E-state index contributed by atoms with van der Waals surface area (Å²) in [7, 11) is 0. The third kappa shape index (κ3) is 4.34. The number of unbranched alkanes of at least 4 members (excludes halogenated alkanes) is 1. The number of hydrogen-bond donors (Lipinski definition) is 0. The Morgan fingerprint density at radius 1 is 1.40 bits per heavy atom. The molecule has 0 aliphatic carbocycles. The van der Waals surface area contributed by atoms with Gasteiger partial charge in [-0.1, -0.05) is 38.0 Å². The van der Waals surface area contributed by atoms with E-state index in [1.54, 1.807) is 12.1 Å². The summed E-state index contributed by atoms with van der Waals surface area (Å²) >= 11 is 5.89. The van der Waals surface area contributed by atoms with Crippen LogP contribution in [0.5, 0.6) is 5.75 Å². The lowest BCUT2D eigenvalue weighted by atomic mass is 10.2. The van der Waals surface area contributed by atoms with Crippen molar-refractivity contribution in [2.24, 2.45) is 0 Å². The third-order valence-corrected chi connectivity index (χ3v) is 2.42. The van der Waals surface area contributed by atoms with Gasteiger partial charge in [-0.2, -0.15) is 0 Å². The number of carbonyl (C=O) groups excluding carboxylic acids is 1. The molecule has 0 aliphatic heterocycles. The van der Waals surface area contributed by atoms with Gasteiger partial charge in [-0.25, -0.2) is 0 Å². The minimum absolute atomic E-state index is 0.365. The Labute approximate surface area is 95.2 Å². The Hall–Kier alpha value is -1.02. The van der Waals surface area contributed by atoms with Crippen LogP contribution in [0.15, 0.2) is 30.3 Å². The first kappa shape index (κ1) is 12.1. The normalized spacial score (nSPS) is 12.1. The maximum absolute atomic E-state index is 11.5. The Morgan fingerprint density at radius 2 is 2.07 bits per heavy atom. The number of halogens is 1. The Morgan fingerprint density at radius 3 is 2.67 bits per heavy atom. The van der Waals surface area contributed by atoms with Crippen LogP contribution < -0.4 is 4.74 Å². The van der Waals surface area contributed by atoms with Gasteiger partial charge in [0.25, 0.3) is 0 Å². The summed E-state index contributed by atoms with van der Waals surface area (Å²) in [5.41, 5.74) is 0. The standard InChI is InChI=1S/C12H15ClO2/c1-2-3-9-11(13)12(14)15-10-7-5-4-6-8-10/h4-8,11H,2-3,9H2,1H3. The van der Waals surface area contributed by atoms with Gasteiger partial charge in [0.05, 0.1) is 0 Å². The lowest BCUT2D eigenvalue weighted by Crippen LogP contribution is -2.20. The maximum atomic E-state index is 11.5. The second-order valence-corrected chi connectivity index (χ2v) is 3.87. The van der Waals surface area contributed by atoms with Crippen LogP contribution in [0.25, 0.3) is 0 Å². The molecule has 3 heteroatoms. The number of carbonyl (C=O) groups is 1. The zero-order valence-electron chi connectivity index (χ0n) is 8.78. The van der Waals surface area contributed by atoms with Gasteiger partial charge in [-0.3, -0.25) is 4.79 Å². The molecule has 0 bridgehead atoms. The minimum atomic E-state index is -0.537. The minimum Gasteiger partial charge on any atom is -0.425 e. The molecular weight excluding hydrogens is 212 g/mol. The first-order valence-corrected chi connectivity index (χ1v) is 5.58. The van der Waals surface area contributed by atoms with Gasteiger partial charge in [-0.05, 0) is 18.6 Å². The van der Waals surface area contributed by atoms with Crippen molar-refractivity contribution in [1.82, 2.24) is 0 Å². The number of alkyl halides is 1. The summed E-state index contributed by atoms with van der Waals surface area (Å²) < 4.78 is 5.10. The van der Waals surface area contributed by atoms with Gasteiger partial charge < -0.3 is 4.74 Å². The van der Waals surface area contributed by atoms with Crippen LogP contribution >= 0.6 is 11.6 Å². The van der Waals surface area contributed by atoms with Gasteiger partial charge in [0.2, 0.25) is 0 Å². The average molecular weight is 227 g/mol. The summed E-state index contributed by atoms with van der Waals surface area (Å²) in [5, 5.41) is -0.537. The van der Waals surface area contributed by atoms with E-state index in [1.807, 2.05) is 18.2 Å². The Kier molecular flexibility index (Phi) is 5.19. The number of hydrogen-bond acceptors (Lipinski definition) is 2. The average Bonchev–Trinajstić information content (AvgIpc) is 2.27. The molecule has 0 N–H and O–H groups in total. The van der Waals surface area contributed by atoms with Gasteiger partial charge in [0.15, 0.2) is 0 Å². The predicted molar refractivity (Wildman–Crippen MR) is 61.2 cm³/mol. The van der Waals surface area contributed by atoms with Crippen LogP contribution in [-0.4, -0.2) is 11.3 Å². The highest BCUT2D eigenvalue weighted by atomic mass is 35.5. The van der Waals surface area contributed by atoms with Crippen molar-refractivity contribution in [3.8, 4) is 5.75 Å². The highest BCUT2D eigenvalue weighted by Gasteiger charge is 2.16. The van der Waals surface area contributed by atoms with Crippen LogP contribution in [0.2, 0.25) is 0 Å². The van der Waals surface area contributed by atoms with E-state index in [2.05, 4.69) is 6.92 Å². The second kappa shape index (κ2) is 6.46. The van der Waals surface area contributed by atoms with E-state index >= 15 is 0 Å². The summed E-state index contributed by atoms with van der Waals surface area (Å²) in [5.74, 6) is 0.181. The molecular formula is C12H15ClO2. The van der Waals surface area contributed by atoms with E-state index in [0.29, 0.717) is 12.2 Å². The van der Waals surface area contributed by atoms with Crippen molar-refractivity contribution in [3.05, 3.63) is 30.3 Å². The molecule has 82 valence electrons. The fourth-order valence-electron chi connectivity index (χ4n) is 1.17. The zero-order valence-corrected chi connectivity index (χ0v) is 9.54. The number of ether oxygens (including phenoxy) is 1. The van der Waals surface area contributed by atoms with Crippen molar-refractivity contribution < 1.29 is 9.53 Å². The maximum Gasteiger partial charge on any atom is 0.329 e. The summed E-state index contributed by atoms with van der Waals surface area (Å²) in [6.45, 7) is 2.06. The lowest BCUT2D eigenvalue weighted by molar-refractivity contribution is -0.134. The monoisotopic (exact) mass is 226 g/mol. The molecule has 1 rings (SSSR count). The molecule has 0 fully saturated rings. The molecule has 0 heterocycles. The first-order chi connectivity index (χ1) is 7.24. The van der Waals surface area contributed by atoms with Gasteiger partial charge in [0, 0.05) is 0 Å². The molecule has 0 amide bonds. The highest BCUT2D eigenvalue weighted by Crippen LogP contribution is 2.14. The number of benzene rings is 1. The van der Waals surface area contributed by atoms with E-state index < -0.39 is 5.38 Å². The van der Waals surface area contributed by atoms with Crippen LogP contribution in [0, 0.1) is 0 Å². The SMILES string of the molecule is CCCCC(Cl)C(=O)Oc1ccccc1. The third-order valence-electron chi connectivity index (χ3n) is 2.03. The molecule has 0 saturated carbocycles. The van der Waals surface area contributed by atoms with Crippen molar-refractivity contribution in [2.75, 3.05) is 0 Å². The van der Waals surface area contributed by atoms with Crippen molar-refractivity contribution in [2.45, 2.75) is 31.6 Å². The second-order valence-electron chi connectivity index (χ2n) is 3.34. The lowest BCUT2D eigenvalue weighted by Gasteiger charge is -2.08. The Balaban J connectivity index is 2.42. The summed E-state index contributed by atoms with van der Waals surface area (Å²) in [6, 6.07) is 8.98. The molecule has 0 aromatic heterocycles. The van der Waals surface area contributed by atoms with Crippen molar-refractivity contribution in [1.29, 1.82) is 0 Å². The number of rotatable bonds is 5. The highest BCUT2D eigenvalue weighted by molar-refractivity contribution is 6.30. The fraction of sp³-hybridized carbons (Fsp3) is 0.417. The van der Waals surface area contributed by atoms with Gasteiger partial charge in [-0.15, -0.1) is 11.6 Å². The topological polar surface area (TPSA) is 26.3 Å². The fourth-order valence-corrected chi connectivity index (χ4v) is 1.37. The van der Waals surface area contributed by atoms with Gasteiger partial charge in [0.1, 0.15) is 11.1 Å². The molecule has 0 saturated heterocycles. The van der Waals surface area contributed by atoms with Crippen molar-refractivity contribution in [3.63, 3.8) is 0 Å².